The second kappa shape index (κ2) is 10.5. The average Bonchev–Trinajstić information content (AvgIpc) is 2.70. The molecule has 4 N–H and O–H groups in total. The summed E-state index contributed by atoms with van der Waals surface area (Å²) in [6.07, 6.45) is 5.02. The van der Waals surface area contributed by atoms with Crippen LogP contribution < -0.4 is 25.8 Å². The van der Waals surface area contributed by atoms with Crippen LogP contribution in [0.2, 0.25) is 5.02 Å². The number of amides is 2. The lowest BCUT2D eigenvalue weighted by atomic mass is 10.2. The molecule has 0 aliphatic heterocycles. The number of rotatable bonds is 9. The minimum atomic E-state index is -0.634. The maximum Gasteiger partial charge on any atom is 0.325 e. The lowest BCUT2D eigenvalue weighted by Gasteiger charge is -2.14. The molecule has 0 fully saturated rings. The molecule has 0 bridgehead atoms. The van der Waals surface area contributed by atoms with E-state index >= 15 is 0 Å². The fourth-order valence-corrected chi connectivity index (χ4v) is 2.22. The SMILES string of the molecule is C=CCCOc1nc(NC(=O)Nc2cc(Cl)c(N)cc2OCC=C)cnc1C#N. The highest BCUT2D eigenvalue weighted by Gasteiger charge is 2.14. The zero-order valence-corrected chi connectivity index (χ0v) is 16.2. The smallest absolute Gasteiger partial charge is 0.325 e. The number of nitrogens with two attached hydrogens (primary N) is 1. The second-order valence-corrected chi connectivity index (χ2v) is 5.90. The number of carbonyl (C=O) groups is 1. The van der Waals surface area contributed by atoms with Crippen molar-refractivity contribution in [3.8, 4) is 17.7 Å². The van der Waals surface area contributed by atoms with E-state index < -0.39 is 6.03 Å². The van der Waals surface area contributed by atoms with Crippen LogP contribution in [-0.4, -0.2) is 29.2 Å². The quantitative estimate of drug-likeness (QED) is 0.323. The van der Waals surface area contributed by atoms with Gasteiger partial charge in [0, 0.05) is 6.07 Å². The molecule has 1 aromatic carbocycles. The maximum atomic E-state index is 12.4. The highest BCUT2D eigenvalue weighted by molar-refractivity contribution is 6.33. The van der Waals surface area contributed by atoms with E-state index in [9.17, 15) is 4.79 Å². The van der Waals surface area contributed by atoms with E-state index in [1.165, 1.54) is 18.3 Å². The Bertz CT molecular complexity index is 958. The van der Waals surface area contributed by atoms with Crippen LogP contribution in [0, 0.1) is 11.3 Å². The molecule has 9 nitrogen and oxygen atoms in total. The standard InChI is InChI=1S/C19H19ClN6O3/c1-3-5-7-29-18-15(10-21)23-11-17(25-18)26-19(27)24-14-8-12(20)13(22)9-16(14)28-6-4-2/h3-4,8-9,11H,1-2,5-7,22H2,(H2,24,25,26,27). The molecule has 2 aromatic rings. The third kappa shape index (κ3) is 6.12. The molecular formula is C19H19ClN6O3. The molecule has 0 spiro atoms. The topological polar surface area (TPSA) is 135 Å². The van der Waals surface area contributed by atoms with E-state index in [0.29, 0.717) is 23.5 Å². The largest absolute Gasteiger partial charge is 0.487 e. The number of hydrogen-bond acceptors (Lipinski definition) is 7. The number of hydrogen-bond donors (Lipinski definition) is 3. The van der Waals surface area contributed by atoms with Crippen LogP contribution in [0.4, 0.5) is 22.0 Å². The number of nitrogen functional groups attached to an aromatic ring is 1. The van der Waals surface area contributed by atoms with Crippen molar-refractivity contribution in [3.63, 3.8) is 0 Å². The van der Waals surface area contributed by atoms with Gasteiger partial charge in [0.25, 0.3) is 5.88 Å². The van der Waals surface area contributed by atoms with Crippen molar-refractivity contribution < 1.29 is 14.3 Å². The molecule has 0 atom stereocenters. The highest BCUT2D eigenvalue weighted by Crippen LogP contribution is 2.33. The van der Waals surface area contributed by atoms with Crippen LogP contribution >= 0.6 is 11.6 Å². The molecule has 0 unspecified atom stereocenters. The van der Waals surface area contributed by atoms with Crippen molar-refractivity contribution in [2.75, 3.05) is 29.6 Å². The van der Waals surface area contributed by atoms with Crippen molar-refractivity contribution in [1.82, 2.24) is 9.97 Å². The maximum absolute atomic E-state index is 12.4. The molecular weight excluding hydrogens is 396 g/mol. The van der Waals surface area contributed by atoms with E-state index in [-0.39, 0.29) is 35.6 Å². The molecule has 10 heteroatoms. The molecule has 1 heterocycles. The van der Waals surface area contributed by atoms with Crippen LogP contribution in [0.1, 0.15) is 12.1 Å². The zero-order chi connectivity index (χ0) is 21.2. The first kappa shape index (κ1) is 21.5. The third-order valence-electron chi connectivity index (χ3n) is 3.35. The summed E-state index contributed by atoms with van der Waals surface area (Å²) < 4.78 is 10.9. The molecule has 0 aliphatic rings. The number of benzene rings is 1. The molecule has 2 rings (SSSR count). The molecule has 0 aliphatic carbocycles. The molecule has 2 amide bonds. The summed E-state index contributed by atoms with van der Waals surface area (Å²) in [5, 5.41) is 14.5. The molecule has 29 heavy (non-hydrogen) atoms. The Morgan fingerprint density at radius 1 is 1.31 bits per heavy atom. The van der Waals surface area contributed by atoms with Gasteiger partial charge in [-0.15, -0.1) is 6.58 Å². The van der Waals surface area contributed by atoms with Crippen molar-refractivity contribution in [2.45, 2.75) is 6.42 Å². The average molecular weight is 415 g/mol. The molecule has 0 saturated heterocycles. The summed E-state index contributed by atoms with van der Waals surface area (Å²) in [6, 6.07) is 4.20. The van der Waals surface area contributed by atoms with Crippen LogP contribution in [0.25, 0.3) is 0 Å². The van der Waals surface area contributed by atoms with E-state index in [0.717, 1.165) is 0 Å². The summed E-state index contributed by atoms with van der Waals surface area (Å²) in [4.78, 5) is 20.4. The summed E-state index contributed by atoms with van der Waals surface area (Å²) in [5.74, 6) is 0.421. The highest BCUT2D eigenvalue weighted by atomic mass is 35.5. The van der Waals surface area contributed by atoms with Gasteiger partial charge in [-0.2, -0.15) is 10.2 Å². The lowest BCUT2D eigenvalue weighted by molar-refractivity contribution is 0.262. The summed E-state index contributed by atoms with van der Waals surface area (Å²) in [5.41, 5.74) is 6.38. The van der Waals surface area contributed by atoms with Crippen molar-refractivity contribution in [1.29, 1.82) is 5.26 Å². The molecule has 0 saturated carbocycles. The first-order valence-corrected chi connectivity index (χ1v) is 8.77. The number of aromatic nitrogens is 2. The fourth-order valence-electron chi connectivity index (χ4n) is 2.05. The van der Waals surface area contributed by atoms with Crippen molar-refractivity contribution in [3.05, 3.63) is 54.4 Å². The monoisotopic (exact) mass is 414 g/mol. The Balaban J connectivity index is 2.15. The van der Waals surface area contributed by atoms with E-state index in [1.807, 2.05) is 6.07 Å². The Kier molecular flexibility index (Phi) is 7.82. The lowest BCUT2D eigenvalue weighted by Crippen LogP contribution is -2.21. The predicted octanol–water partition coefficient (Wildman–Crippen LogP) is 3.75. The number of halogens is 1. The predicted molar refractivity (Wildman–Crippen MR) is 111 cm³/mol. The number of anilines is 3. The van der Waals surface area contributed by atoms with E-state index in [1.54, 1.807) is 12.2 Å². The van der Waals surface area contributed by atoms with Crippen LogP contribution in [-0.2, 0) is 0 Å². The zero-order valence-electron chi connectivity index (χ0n) is 15.4. The van der Waals surface area contributed by atoms with Gasteiger partial charge < -0.3 is 20.5 Å². The first-order chi connectivity index (χ1) is 14.0. The van der Waals surface area contributed by atoms with Crippen molar-refractivity contribution >= 4 is 34.8 Å². The van der Waals surface area contributed by atoms with Crippen LogP contribution in [0.5, 0.6) is 11.6 Å². The van der Waals surface area contributed by atoms with Crippen molar-refractivity contribution in [2.24, 2.45) is 0 Å². The minimum absolute atomic E-state index is 0.00504. The Labute approximate surface area is 172 Å². The van der Waals surface area contributed by atoms with Gasteiger partial charge in [-0.3, -0.25) is 5.32 Å². The number of nitrogens with one attached hydrogen (secondary N) is 2. The normalized spacial score (nSPS) is 9.79. The first-order valence-electron chi connectivity index (χ1n) is 8.40. The molecule has 1 aromatic heterocycles. The van der Waals surface area contributed by atoms with Crippen LogP contribution in [0.3, 0.4) is 0 Å². The van der Waals surface area contributed by atoms with E-state index in [4.69, 9.17) is 32.1 Å². The number of carbonyl (C=O) groups excluding carboxylic acids is 1. The minimum Gasteiger partial charge on any atom is -0.487 e. The fraction of sp³-hybridized carbons (Fsp3) is 0.158. The van der Waals surface area contributed by atoms with Crippen LogP contribution in [0.15, 0.2) is 43.6 Å². The molecule has 0 radical (unpaired) electrons. The van der Waals surface area contributed by atoms with Gasteiger partial charge >= 0.3 is 6.03 Å². The summed E-state index contributed by atoms with van der Waals surface area (Å²) in [6.45, 7) is 7.65. The van der Waals surface area contributed by atoms with Gasteiger partial charge in [0.1, 0.15) is 18.4 Å². The number of nitrogens with zero attached hydrogens (tertiary/aromatic N) is 3. The Morgan fingerprint density at radius 2 is 2.10 bits per heavy atom. The number of urea groups is 1. The van der Waals surface area contributed by atoms with Gasteiger partial charge in [-0.1, -0.05) is 30.3 Å². The molecule has 150 valence electrons. The Hall–Kier alpha value is -3.77. The summed E-state index contributed by atoms with van der Waals surface area (Å²) >= 11 is 6.03. The second-order valence-electron chi connectivity index (χ2n) is 5.50. The number of ether oxygens (including phenoxy) is 2. The van der Waals surface area contributed by atoms with Gasteiger partial charge in [0.2, 0.25) is 5.69 Å². The Morgan fingerprint density at radius 3 is 2.79 bits per heavy atom. The third-order valence-corrected chi connectivity index (χ3v) is 3.68. The van der Waals surface area contributed by atoms with Gasteiger partial charge in [-0.25, -0.2) is 9.78 Å². The number of nitriles is 1. The summed E-state index contributed by atoms with van der Waals surface area (Å²) in [7, 11) is 0. The van der Waals surface area contributed by atoms with Gasteiger partial charge in [0.05, 0.1) is 29.2 Å². The van der Waals surface area contributed by atoms with E-state index in [2.05, 4.69) is 33.8 Å². The van der Waals surface area contributed by atoms with Gasteiger partial charge in [-0.05, 0) is 12.5 Å². The van der Waals surface area contributed by atoms with Gasteiger partial charge in [0.15, 0.2) is 5.82 Å².